The van der Waals surface area contributed by atoms with Gasteiger partial charge in [-0.2, -0.15) is 0 Å². The molecule has 1 aliphatic carbocycles. The van der Waals surface area contributed by atoms with Gasteiger partial charge in [-0.1, -0.05) is 72.5 Å². The molecule has 1 N–H and O–H groups in total. The molecule has 0 aliphatic heterocycles. The van der Waals surface area contributed by atoms with Crippen molar-refractivity contribution >= 4 is 30.9 Å². The maximum Gasteiger partial charge on any atom is 0.305 e. The minimum absolute atomic E-state index is 0.0669. The van der Waals surface area contributed by atoms with Crippen molar-refractivity contribution in [2.45, 2.75) is 187 Å². The number of carbonyl (C=O) groups is 1. The zero-order valence-electron chi connectivity index (χ0n) is 32.9. The van der Waals surface area contributed by atoms with Crippen LogP contribution in [0.3, 0.4) is 0 Å². The summed E-state index contributed by atoms with van der Waals surface area (Å²) in [7, 11) is -4.39. The molecule has 2 unspecified atom stereocenters. The van der Waals surface area contributed by atoms with Crippen molar-refractivity contribution in [3.05, 3.63) is 23.5 Å². The number of carbonyl (C=O) groups excluding carboxylic acids is 1. The highest BCUT2D eigenvalue weighted by Crippen LogP contribution is 2.46. The van der Waals surface area contributed by atoms with Gasteiger partial charge < -0.3 is 23.1 Å². The maximum absolute atomic E-state index is 11.5. The summed E-state index contributed by atoms with van der Waals surface area (Å²) < 4.78 is 25.9. The molecule has 0 aromatic carbocycles. The van der Waals surface area contributed by atoms with Crippen molar-refractivity contribution in [1.29, 1.82) is 0 Å². The molecule has 1 aliphatic rings. The first-order valence-electron chi connectivity index (χ1n) is 18.4. The van der Waals surface area contributed by atoms with Crippen molar-refractivity contribution in [2.24, 2.45) is 5.92 Å². The van der Waals surface area contributed by atoms with Crippen molar-refractivity contribution in [3.8, 4) is 11.8 Å². The van der Waals surface area contributed by atoms with Crippen molar-refractivity contribution in [2.75, 3.05) is 7.11 Å². The standard InChI is InChI=1S/C38H72O6Si3/c1-15-19-28-38(8,44-45(10,11)12)29-22-26-33-32(25-20-23-31(39)24-21-27-36(40)41-9)34(42-46(13,14)37(5,6)7)30-35(33)43-47(16-2,17-3)18-4/h19,28,31,33,35,39H,15-18,21-22,24-27,29-30H2,1-14H3/t31?,33-,35-,38?/m0/s1. The van der Waals surface area contributed by atoms with Gasteiger partial charge in [0.1, 0.15) is 6.10 Å². The highest BCUT2D eigenvalue weighted by atomic mass is 28.4. The summed E-state index contributed by atoms with van der Waals surface area (Å²) in [5.74, 6) is 7.46. The molecule has 0 saturated heterocycles. The quantitative estimate of drug-likeness (QED) is 0.0587. The Morgan fingerprint density at radius 3 is 2.15 bits per heavy atom. The summed E-state index contributed by atoms with van der Waals surface area (Å²) in [4.78, 5) is 11.5. The molecule has 6 nitrogen and oxygen atoms in total. The van der Waals surface area contributed by atoms with E-state index in [1.165, 1.54) is 12.7 Å². The van der Waals surface area contributed by atoms with Crippen LogP contribution in [0.1, 0.15) is 113 Å². The number of ether oxygens (including phenoxy) is 1. The van der Waals surface area contributed by atoms with Gasteiger partial charge in [0.25, 0.3) is 0 Å². The Morgan fingerprint density at radius 1 is 1.02 bits per heavy atom. The fourth-order valence-corrected chi connectivity index (χ4v) is 11.9. The van der Waals surface area contributed by atoms with Gasteiger partial charge in [-0.3, -0.25) is 4.79 Å². The molecule has 0 radical (unpaired) electrons. The summed E-state index contributed by atoms with van der Waals surface area (Å²) in [5.41, 5.74) is 0.972. The Bertz CT molecular complexity index is 1080. The van der Waals surface area contributed by atoms with Gasteiger partial charge in [-0.15, -0.1) is 0 Å². The van der Waals surface area contributed by atoms with Crippen LogP contribution in [0.15, 0.2) is 23.5 Å². The molecule has 272 valence electrons. The van der Waals surface area contributed by atoms with Gasteiger partial charge in [-0.05, 0) is 107 Å². The van der Waals surface area contributed by atoms with Gasteiger partial charge >= 0.3 is 5.97 Å². The van der Waals surface area contributed by atoms with Crippen molar-refractivity contribution in [3.63, 3.8) is 0 Å². The molecule has 0 spiro atoms. The Hall–Kier alpha value is -1.16. The van der Waals surface area contributed by atoms with Crippen LogP contribution in [-0.4, -0.2) is 60.9 Å². The predicted octanol–water partition coefficient (Wildman–Crippen LogP) is 10.5. The number of aliphatic hydroxyl groups is 1. The van der Waals surface area contributed by atoms with Crippen LogP contribution in [0, 0.1) is 17.8 Å². The molecular formula is C38H72O6Si3. The monoisotopic (exact) mass is 708 g/mol. The van der Waals surface area contributed by atoms with Crippen LogP contribution in [0.4, 0.5) is 0 Å². The second-order valence-electron chi connectivity index (χ2n) is 16.2. The van der Waals surface area contributed by atoms with E-state index < -0.39 is 31.1 Å². The summed E-state index contributed by atoms with van der Waals surface area (Å²) in [6, 6.07) is 3.33. The lowest BCUT2D eigenvalue weighted by atomic mass is 9.88. The van der Waals surface area contributed by atoms with Crippen LogP contribution in [0.2, 0.25) is 55.9 Å². The molecule has 0 heterocycles. The average Bonchev–Trinajstić information content (AvgIpc) is 3.27. The third-order valence-corrected chi connectivity index (χ3v) is 20.3. The van der Waals surface area contributed by atoms with Gasteiger partial charge in [0.05, 0.1) is 24.6 Å². The zero-order chi connectivity index (χ0) is 36.1. The van der Waals surface area contributed by atoms with E-state index in [4.69, 9.17) is 18.0 Å². The number of methoxy groups -OCH3 is 1. The molecule has 1 rings (SSSR count). The van der Waals surface area contributed by atoms with Crippen LogP contribution < -0.4 is 0 Å². The van der Waals surface area contributed by atoms with Crippen LogP contribution in [-0.2, 0) is 22.8 Å². The molecule has 0 fully saturated rings. The molecule has 0 saturated carbocycles. The van der Waals surface area contributed by atoms with E-state index >= 15 is 0 Å². The van der Waals surface area contributed by atoms with E-state index in [9.17, 15) is 9.90 Å². The van der Waals surface area contributed by atoms with E-state index in [1.54, 1.807) is 0 Å². The topological polar surface area (TPSA) is 74.2 Å². The SMILES string of the molecule is CCC=CC(C)(CCC[C@H]1C(CC#CC(O)CCCC(=O)OC)=C(O[Si](C)(C)C(C)(C)C)C[C@@H]1O[Si](CC)(CC)CC)O[Si](C)(C)C. The van der Waals surface area contributed by atoms with Crippen LogP contribution in [0.25, 0.3) is 0 Å². The molecule has 0 aromatic rings. The number of aliphatic hydroxyl groups excluding tert-OH is 1. The third kappa shape index (κ3) is 14.7. The second kappa shape index (κ2) is 19.3. The first-order valence-corrected chi connectivity index (χ1v) is 27.2. The van der Waals surface area contributed by atoms with E-state index in [0.29, 0.717) is 19.3 Å². The Morgan fingerprint density at radius 2 is 1.64 bits per heavy atom. The normalized spacial score (nSPS) is 19.8. The van der Waals surface area contributed by atoms with Crippen LogP contribution in [0.5, 0.6) is 0 Å². The fourth-order valence-electron chi connectivity index (χ4n) is 6.28. The zero-order valence-corrected chi connectivity index (χ0v) is 35.9. The summed E-state index contributed by atoms with van der Waals surface area (Å²) in [6.45, 7) is 29.6. The summed E-state index contributed by atoms with van der Waals surface area (Å²) in [6.07, 6.45) is 10.4. The number of rotatable bonds is 20. The number of hydrogen-bond donors (Lipinski definition) is 1. The Labute approximate surface area is 293 Å². The van der Waals surface area contributed by atoms with Gasteiger partial charge in [0.15, 0.2) is 16.6 Å². The van der Waals surface area contributed by atoms with Crippen LogP contribution >= 0.6 is 0 Å². The molecule has 4 atom stereocenters. The lowest BCUT2D eigenvalue weighted by Gasteiger charge is -2.37. The van der Waals surface area contributed by atoms with E-state index in [1.807, 2.05) is 0 Å². The highest BCUT2D eigenvalue weighted by molar-refractivity contribution is 6.74. The lowest BCUT2D eigenvalue weighted by Crippen LogP contribution is -2.42. The predicted molar refractivity (Wildman–Crippen MR) is 206 cm³/mol. The second-order valence-corrected chi connectivity index (χ2v) is 30.1. The van der Waals surface area contributed by atoms with Gasteiger partial charge in [-0.25, -0.2) is 0 Å². The Kier molecular flexibility index (Phi) is 18.0. The van der Waals surface area contributed by atoms with Crippen molar-refractivity contribution in [1.82, 2.24) is 0 Å². The van der Waals surface area contributed by atoms with E-state index in [0.717, 1.165) is 56.0 Å². The molecule has 47 heavy (non-hydrogen) atoms. The molecular weight excluding hydrogens is 637 g/mol. The summed E-state index contributed by atoms with van der Waals surface area (Å²) in [5, 5.41) is 10.7. The molecule has 9 heteroatoms. The number of hydrogen-bond acceptors (Lipinski definition) is 6. The molecule has 0 amide bonds. The van der Waals surface area contributed by atoms with E-state index in [2.05, 4.69) is 112 Å². The fraction of sp³-hybridized carbons (Fsp3) is 0.816. The first kappa shape index (κ1) is 43.9. The minimum Gasteiger partial charge on any atom is -0.546 e. The van der Waals surface area contributed by atoms with Gasteiger partial charge in [0.2, 0.25) is 8.32 Å². The van der Waals surface area contributed by atoms with Crippen molar-refractivity contribution < 1.29 is 27.9 Å². The number of esters is 1. The highest BCUT2D eigenvalue weighted by Gasteiger charge is 2.45. The first-order chi connectivity index (χ1) is 21.7. The molecule has 0 aromatic heterocycles. The summed E-state index contributed by atoms with van der Waals surface area (Å²) >= 11 is 0. The average molecular weight is 709 g/mol. The smallest absolute Gasteiger partial charge is 0.305 e. The van der Waals surface area contributed by atoms with E-state index in [-0.39, 0.29) is 35.1 Å². The maximum atomic E-state index is 11.5. The lowest BCUT2D eigenvalue weighted by molar-refractivity contribution is -0.140. The largest absolute Gasteiger partial charge is 0.546 e. The Balaban J connectivity index is 3.53. The minimum atomic E-state index is -2.12. The molecule has 0 bridgehead atoms. The number of allylic oxidation sites excluding steroid dienone is 1. The van der Waals surface area contributed by atoms with Gasteiger partial charge in [0, 0.05) is 25.2 Å². The third-order valence-electron chi connectivity index (χ3n) is 10.2.